The van der Waals surface area contributed by atoms with Gasteiger partial charge >= 0.3 is 0 Å². The Morgan fingerprint density at radius 3 is 2.22 bits per heavy atom. The summed E-state index contributed by atoms with van der Waals surface area (Å²) in [5.41, 5.74) is 1.52. The van der Waals surface area contributed by atoms with Gasteiger partial charge in [-0.2, -0.15) is 0 Å². The first-order valence-corrected chi connectivity index (χ1v) is 7.88. The van der Waals surface area contributed by atoms with Crippen LogP contribution in [0.1, 0.15) is 28.8 Å². The van der Waals surface area contributed by atoms with Gasteiger partial charge in [-0.1, -0.05) is 0 Å². The van der Waals surface area contributed by atoms with Crippen molar-refractivity contribution in [2.45, 2.75) is 25.6 Å². The summed E-state index contributed by atoms with van der Waals surface area (Å²) in [5, 5.41) is 0. The molecule has 2 aliphatic rings. The van der Waals surface area contributed by atoms with E-state index in [1.807, 2.05) is 17.9 Å². The molecule has 0 unspecified atom stereocenters. The molecule has 2 fully saturated rings. The first-order chi connectivity index (χ1) is 11.1. The van der Waals surface area contributed by atoms with Gasteiger partial charge in [-0.15, -0.1) is 0 Å². The fourth-order valence-electron chi connectivity index (χ4n) is 3.22. The molecule has 2 aliphatic heterocycles. The molecular weight excluding hydrogens is 298 g/mol. The van der Waals surface area contributed by atoms with Gasteiger partial charge in [0.25, 0.3) is 5.91 Å². The van der Waals surface area contributed by atoms with Gasteiger partial charge in [-0.3, -0.25) is 4.79 Å². The minimum absolute atomic E-state index is 0.0105. The van der Waals surface area contributed by atoms with Crippen molar-refractivity contribution in [1.29, 1.82) is 0 Å². The van der Waals surface area contributed by atoms with Gasteiger partial charge in [0, 0.05) is 31.5 Å². The highest BCUT2D eigenvalue weighted by Gasteiger charge is 2.41. The Morgan fingerprint density at radius 1 is 1.09 bits per heavy atom. The monoisotopic (exact) mass is 321 g/mol. The number of methoxy groups -OCH3 is 2. The van der Waals surface area contributed by atoms with E-state index in [4.69, 9.17) is 18.9 Å². The number of aryl methyl sites for hydroxylation is 1. The molecule has 6 nitrogen and oxygen atoms in total. The molecule has 1 spiro atoms. The van der Waals surface area contributed by atoms with Crippen LogP contribution in [-0.4, -0.2) is 57.1 Å². The van der Waals surface area contributed by atoms with Crippen LogP contribution in [0, 0.1) is 6.92 Å². The molecule has 126 valence electrons. The van der Waals surface area contributed by atoms with Crippen LogP contribution in [0.5, 0.6) is 11.5 Å². The largest absolute Gasteiger partial charge is 0.493 e. The number of carbonyl (C=O) groups excluding carboxylic acids is 1. The van der Waals surface area contributed by atoms with Gasteiger partial charge in [0.2, 0.25) is 0 Å². The second-order valence-electron chi connectivity index (χ2n) is 5.92. The number of benzene rings is 1. The summed E-state index contributed by atoms with van der Waals surface area (Å²) in [5.74, 6) is 0.740. The van der Waals surface area contributed by atoms with Crippen LogP contribution in [0.15, 0.2) is 12.1 Å². The minimum atomic E-state index is -0.469. The van der Waals surface area contributed by atoms with Crippen LogP contribution >= 0.6 is 0 Å². The molecule has 1 aromatic carbocycles. The molecule has 0 N–H and O–H groups in total. The number of likely N-dealkylation sites (tertiary alicyclic amines) is 1. The molecule has 0 radical (unpaired) electrons. The Hall–Kier alpha value is -1.79. The van der Waals surface area contributed by atoms with Crippen LogP contribution in [0.25, 0.3) is 0 Å². The number of amides is 1. The van der Waals surface area contributed by atoms with Crippen LogP contribution in [0.3, 0.4) is 0 Å². The average Bonchev–Trinajstić information content (AvgIpc) is 3.02. The van der Waals surface area contributed by atoms with Gasteiger partial charge in [-0.05, 0) is 24.6 Å². The summed E-state index contributed by atoms with van der Waals surface area (Å²) in [6.45, 7) is 4.45. The highest BCUT2D eigenvalue weighted by molar-refractivity contribution is 5.96. The average molecular weight is 321 g/mol. The Morgan fingerprint density at radius 2 is 1.65 bits per heavy atom. The van der Waals surface area contributed by atoms with Gasteiger partial charge in [0.15, 0.2) is 17.3 Å². The summed E-state index contributed by atoms with van der Waals surface area (Å²) in [6, 6.07) is 3.59. The number of carbonyl (C=O) groups is 1. The first-order valence-electron chi connectivity index (χ1n) is 7.88. The smallest absolute Gasteiger partial charge is 0.254 e. The van der Waals surface area contributed by atoms with Crippen molar-refractivity contribution in [2.24, 2.45) is 0 Å². The second kappa shape index (κ2) is 6.37. The molecule has 2 saturated heterocycles. The normalized spacial score (nSPS) is 19.9. The van der Waals surface area contributed by atoms with E-state index in [0.29, 0.717) is 56.2 Å². The van der Waals surface area contributed by atoms with E-state index in [-0.39, 0.29) is 5.91 Å². The molecule has 6 heteroatoms. The number of rotatable bonds is 3. The summed E-state index contributed by atoms with van der Waals surface area (Å²) >= 11 is 0. The topological polar surface area (TPSA) is 57.2 Å². The number of ether oxygens (including phenoxy) is 4. The summed E-state index contributed by atoms with van der Waals surface area (Å²) < 4.78 is 22.0. The van der Waals surface area contributed by atoms with Crippen LogP contribution < -0.4 is 9.47 Å². The van der Waals surface area contributed by atoms with Gasteiger partial charge in [-0.25, -0.2) is 0 Å². The van der Waals surface area contributed by atoms with Crippen molar-refractivity contribution in [3.63, 3.8) is 0 Å². The highest BCUT2D eigenvalue weighted by Crippen LogP contribution is 2.34. The standard InChI is InChI=1S/C17H23NO5/c1-12-10-14(20-2)15(21-3)11-13(12)16(19)18-6-4-17(5-7-18)22-8-9-23-17/h10-11H,4-9H2,1-3H3. The molecule has 0 saturated carbocycles. The number of hydrogen-bond acceptors (Lipinski definition) is 5. The number of nitrogens with zero attached hydrogens (tertiary/aromatic N) is 1. The number of hydrogen-bond donors (Lipinski definition) is 0. The lowest BCUT2D eigenvalue weighted by Gasteiger charge is -2.37. The third kappa shape index (κ3) is 3.01. The zero-order valence-corrected chi connectivity index (χ0v) is 13.9. The zero-order chi connectivity index (χ0) is 16.4. The molecule has 1 amide bonds. The lowest BCUT2D eigenvalue weighted by atomic mass is 10.0. The van der Waals surface area contributed by atoms with Crippen molar-refractivity contribution in [3.05, 3.63) is 23.3 Å². The van der Waals surface area contributed by atoms with Crippen LogP contribution in [-0.2, 0) is 9.47 Å². The molecule has 0 atom stereocenters. The Balaban J connectivity index is 1.76. The van der Waals surface area contributed by atoms with Crippen molar-refractivity contribution in [1.82, 2.24) is 4.90 Å². The first kappa shape index (κ1) is 16.1. The van der Waals surface area contributed by atoms with E-state index in [1.165, 1.54) is 0 Å². The molecule has 1 aromatic rings. The molecule has 3 rings (SSSR count). The van der Waals surface area contributed by atoms with Crippen molar-refractivity contribution >= 4 is 5.91 Å². The SMILES string of the molecule is COc1cc(C)c(C(=O)N2CCC3(CC2)OCCO3)cc1OC. The Bertz CT molecular complexity index is 585. The zero-order valence-electron chi connectivity index (χ0n) is 13.9. The van der Waals surface area contributed by atoms with Gasteiger partial charge in [0.05, 0.1) is 27.4 Å². The molecule has 0 aliphatic carbocycles. The Kier molecular flexibility index (Phi) is 4.46. The van der Waals surface area contributed by atoms with Crippen LogP contribution in [0.4, 0.5) is 0 Å². The van der Waals surface area contributed by atoms with Crippen LogP contribution in [0.2, 0.25) is 0 Å². The Labute approximate surface area is 136 Å². The molecule has 23 heavy (non-hydrogen) atoms. The highest BCUT2D eigenvalue weighted by atomic mass is 16.7. The molecular formula is C17H23NO5. The minimum Gasteiger partial charge on any atom is -0.493 e. The fraction of sp³-hybridized carbons (Fsp3) is 0.588. The maximum Gasteiger partial charge on any atom is 0.254 e. The molecule has 0 aromatic heterocycles. The summed E-state index contributed by atoms with van der Waals surface area (Å²) in [7, 11) is 3.16. The summed E-state index contributed by atoms with van der Waals surface area (Å²) in [6.07, 6.45) is 1.43. The number of piperidine rings is 1. The second-order valence-corrected chi connectivity index (χ2v) is 5.92. The van der Waals surface area contributed by atoms with Crippen molar-refractivity contribution in [2.75, 3.05) is 40.5 Å². The van der Waals surface area contributed by atoms with Gasteiger partial charge in [0.1, 0.15) is 0 Å². The van der Waals surface area contributed by atoms with E-state index in [2.05, 4.69) is 0 Å². The fourth-order valence-corrected chi connectivity index (χ4v) is 3.22. The quantitative estimate of drug-likeness (QED) is 0.852. The molecule has 0 bridgehead atoms. The van der Waals surface area contributed by atoms with E-state index in [0.717, 1.165) is 5.56 Å². The predicted octanol–water partition coefficient (Wildman–Crippen LogP) is 1.99. The van der Waals surface area contributed by atoms with E-state index >= 15 is 0 Å². The summed E-state index contributed by atoms with van der Waals surface area (Å²) in [4.78, 5) is 14.7. The maximum atomic E-state index is 12.8. The lowest BCUT2D eigenvalue weighted by Crippen LogP contribution is -2.47. The van der Waals surface area contributed by atoms with E-state index < -0.39 is 5.79 Å². The lowest BCUT2D eigenvalue weighted by molar-refractivity contribution is -0.181. The van der Waals surface area contributed by atoms with Gasteiger partial charge < -0.3 is 23.8 Å². The van der Waals surface area contributed by atoms with Crippen molar-refractivity contribution in [3.8, 4) is 11.5 Å². The third-order valence-corrected chi connectivity index (χ3v) is 4.59. The third-order valence-electron chi connectivity index (χ3n) is 4.59. The van der Waals surface area contributed by atoms with E-state index in [9.17, 15) is 4.79 Å². The van der Waals surface area contributed by atoms with E-state index in [1.54, 1.807) is 20.3 Å². The maximum absolute atomic E-state index is 12.8. The molecule has 2 heterocycles. The predicted molar refractivity (Wildman–Crippen MR) is 84.1 cm³/mol. The van der Waals surface area contributed by atoms with Crippen molar-refractivity contribution < 1.29 is 23.7 Å².